The third-order valence-electron chi connectivity index (χ3n) is 3.76. The van der Waals surface area contributed by atoms with E-state index >= 15 is 0 Å². The number of hydrogen-bond donors (Lipinski definition) is 3. The van der Waals surface area contributed by atoms with Crippen molar-refractivity contribution in [2.45, 2.75) is 12.5 Å². The second-order valence-electron chi connectivity index (χ2n) is 5.22. The summed E-state index contributed by atoms with van der Waals surface area (Å²) in [5.74, 6) is -1.07. The Kier molecular flexibility index (Phi) is 4.33. The van der Waals surface area contributed by atoms with E-state index in [1.165, 1.54) is 0 Å². The summed E-state index contributed by atoms with van der Waals surface area (Å²) in [5.41, 5.74) is 2.72. The largest absolute Gasteiger partial charge is 0.480 e. The van der Waals surface area contributed by atoms with E-state index in [0.29, 0.717) is 13.0 Å². The van der Waals surface area contributed by atoms with Gasteiger partial charge in [-0.3, -0.25) is 4.79 Å². The van der Waals surface area contributed by atoms with Gasteiger partial charge in [-0.1, -0.05) is 28.1 Å². The van der Waals surface area contributed by atoms with Crippen LogP contribution in [0.1, 0.15) is 23.0 Å². The maximum Gasteiger partial charge on any atom is 0.323 e. The zero-order valence-electron chi connectivity index (χ0n) is 12.1. The van der Waals surface area contributed by atoms with Crippen LogP contribution in [0, 0.1) is 0 Å². The molecule has 3 N–H and O–H groups in total. The van der Waals surface area contributed by atoms with E-state index in [2.05, 4.69) is 31.2 Å². The molecule has 0 fully saturated rings. The fourth-order valence-corrected chi connectivity index (χ4v) is 3.00. The number of urea groups is 1. The van der Waals surface area contributed by atoms with Crippen LogP contribution in [0.25, 0.3) is 0 Å². The van der Waals surface area contributed by atoms with Gasteiger partial charge >= 0.3 is 12.0 Å². The molecule has 2 heterocycles. The maximum absolute atomic E-state index is 12.4. The molecule has 1 aromatic heterocycles. The molecule has 2 amide bonds. The third-order valence-corrected chi connectivity index (χ3v) is 4.29. The fraction of sp³-hybridized carbons (Fsp3) is 0.267. The number of carbonyl (C=O) groups excluding carboxylic acids is 1. The van der Waals surface area contributed by atoms with Crippen molar-refractivity contribution in [2.24, 2.45) is 0 Å². The van der Waals surface area contributed by atoms with Crippen molar-refractivity contribution in [3.63, 3.8) is 0 Å². The number of imidazole rings is 1. The lowest BCUT2D eigenvalue weighted by atomic mass is 9.96. The minimum atomic E-state index is -1.07. The number of H-pyrrole nitrogens is 1. The molecule has 0 radical (unpaired) electrons. The molecule has 1 aliphatic heterocycles. The van der Waals surface area contributed by atoms with Gasteiger partial charge in [0, 0.05) is 23.1 Å². The molecule has 0 unspecified atom stereocenters. The number of halogens is 1. The van der Waals surface area contributed by atoms with Crippen LogP contribution >= 0.6 is 15.9 Å². The Balaban J connectivity index is 1.93. The average molecular weight is 379 g/mol. The first-order valence-corrected chi connectivity index (χ1v) is 7.89. The van der Waals surface area contributed by atoms with Crippen LogP contribution in [0.3, 0.4) is 0 Å². The van der Waals surface area contributed by atoms with Gasteiger partial charge in [-0.15, -0.1) is 0 Å². The van der Waals surface area contributed by atoms with Crippen LogP contribution in [-0.2, 0) is 11.2 Å². The topological polar surface area (TPSA) is 98.3 Å². The normalized spacial score (nSPS) is 16.7. The van der Waals surface area contributed by atoms with Crippen LogP contribution in [0.4, 0.5) is 4.79 Å². The number of aromatic amines is 1. The first-order chi connectivity index (χ1) is 11.1. The Morgan fingerprint density at radius 1 is 1.39 bits per heavy atom. The van der Waals surface area contributed by atoms with E-state index in [9.17, 15) is 9.59 Å². The highest BCUT2D eigenvalue weighted by molar-refractivity contribution is 9.10. The number of carboxylic acid groups (broad SMARTS) is 1. The van der Waals surface area contributed by atoms with Gasteiger partial charge in [-0.25, -0.2) is 9.78 Å². The summed E-state index contributed by atoms with van der Waals surface area (Å²) < 4.78 is 0.946. The first kappa shape index (κ1) is 15.5. The number of benzene rings is 1. The van der Waals surface area contributed by atoms with Gasteiger partial charge in [0.05, 0.1) is 12.0 Å². The number of hydrogen-bond acceptors (Lipinski definition) is 3. The van der Waals surface area contributed by atoms with E-state index in [1.807, 2.05) is 24.3 Å². The summed E-state index contributed by atoms with van der Waals surface area (Å²) in [5, 5.41) is 11.2. The zero-order valence-corrected chi connectivity index (χ0v) is 13.7. The molecule has 0 bridgehead atoms. The number of aliphatic carboxylic acids is 1. The van der Waals surface area contributed by atoms with Crippen molar-refractivity contribution in [3.05, 3.63) is 52.0 Å². The summed E-state index contributed by atoms with van der Waals surface area (Å²) in [6, 6.07) is 6.92. The predicted molar refractivity (Wildman–Crippen MR) is 86.0 cm³/mol. The van der Waals surface area contributed by atoms with E-state index in [1.54, 1.807) is 11.2 Å². The summed E-state index contributed by atoms with van der Waals surface area (Å²) in [4.78, 5) is 32.2. The van der Waals surface area contributed by atoms with Crippen LogP contribution < -0.4 is 5.32 Å². The molecule has 8 heteroatoms. The van der Waals surface area contributed by atoms with E-state index in [-0.39, 0.29) is 6.04 Å². The average Bonchev–Trinajstić information content (AvgIpc) is 3.01. The number of nitrogens with zero attached hydrogens (tertiary/aromatic N) is 2. The van der Waals surface area contributed by atoms with Crippen molar-refractivity contribution in [1.29, 1.82) is 0 Å². The number of aromatic nitrogens is 2. The van der Waals surface area contributed by atoms with Crippen LogP contribution in [0.2, 0.25) is 0 Å². The second-order valence-corrected chi connectivity index (χ2v) is 6.13. The summed E-state index contributed by atoms with van der Waals surface area (Å²) in [7, 11) is 0. The molecule has 1 atom stereocenters. The van der Waals surface area contributed by atoms with Crippen molar-refractivity contribution >= 4 is 27.9 Å². The predicted octanol–water partition coefficient (Wildman–Crippen LogP) is 1.91. The maximum atomic E-state index is 12.4. The Morgan fingerprint density at radius 3 is 2.83 bits per heavy atom. The molecule has 120 valence electrons. The standard InChI is InChI=1S/C15H15BrN4O3/c16-10-3-1-9(2-4-10)14-13-11(18-8-19-13)5-6-20(14)15(23)17-7-12(21)22/h1-4,8,14H,5-7H2,(H,17,23)(H,18,19)(H,21,22)/t14-/m0/s1. The molecule has 0 aliphatic carbocycles. The van der Waals surface area contributed by atoms with Gasteiger partial charge in [0.1, 0.15) is 12.6 Å². The molecule has 0 spiro atoms. The molecule has 23 heavy (non-hydrogen) atoms. The number of carbonyl (C=O) groups is 2. The Morgan fingerprint density at radius 2 is 2.13 bits per heavy atom. The molecular formula is C15H15BrN4O3. The lowest BCUT2D eigenvalue weighted by Gasteiger charge is -2.35. The van der Waals surface area contributed by atoms with Gasteiger partial charge in [-0.2, -0.15) is 0 Å². The highest BCUT2D eigenvalue weighted by atomic mass is 79.9. The number of amides is 2. The SMILES string of the molecule is O=C(O)CNC(=O)N1CCc2[nH]cnc2[C@@H]1c1ccc(Br)cc1. The van der Waals surface area contributed by atoms with Crippen molar-refractivity contribution in [3.8, 4) is 0 Å². The Labute approximate surface area is 140 Å². The molecular weight excluding hydrogens is 364 g/mol. The molecule has 0 saturated heterocycles. The number of rotatable bonds is 3. The number of carboxylic acids is 1. The summed E-state index contributed by atoms with van der Waals surface area (Å²) in [6.45, 7) is 0.0805. The van der Waals surface area contributed by atoms with Gasteiger partial charge in [-0.05, 0) is 17.7 Å². The van der Waals surface area contributed by atoms with Gasteiger partial charge in [0.15, 0.2) is 0 Å². The van der Waals surface area contributed by atoms with Gasteiger partial charge in [0.2, 0.25) is 0 Å². The molecule has 0 saturated carbocycles. The smallest absolute Gasteiger partial charge is 0.323 e. The van der Waals surface area contributed by atoms with E-state index < -0.39 is 18.5 Å². The lowest BCUT2D eigenvalue weighted by Crippen LogP contribution is -2.47. The summed E-state index contributed by atoms with van der Waals surface area (Å²) in [6.07, 6.45) is 2.28. The zero-order chi connectivity index (χ0) is 16.4. The third kappa shape index (κ3) is 3.21. The van der Waals surface area contributed by atoms with Crippen molar-refractivity contribution in [1.82, 2.24) is 20.2 Å². The fourth-order valence-electron chi connectivity index (χ4n) is 2.73. The number of fused-ring (bicyclic) bond motifs is 1. The van der Waals surface area contributed by atoms with E-state index in [4.69, 9.17) is 5.11 Å². The first-order valence-electron chi connectivity index (χ1n) is 7.10. The quantitative estimate of drug-likeness (QED) is 0.759. The van der Waals surface area contributed by atoms with Gasteiger partial charge in [0.25, 0.3) is 0 Å². The Bertz CT molecular complexity index is 729. The van der Waals surface area contributed by atoms with Gasteiger partial charge < -0.3 is 20.3 Å². The molecule has 1 aromatic carbocycles. The lowest BCUT2D eigenvalue weighted by molar-refractivity contribution is -0.135. The molecule has 3 rings (SSSR count). The molecule has 2 aromatic rings. The van der Waals surface area contributed by atoms with Crippen LogP contribution in [0.15, 0.2) is 35.1 Å². The van der Waals surface area contributed by atoms with Crippen LogP contribution in [-0.4, -0.2) is 45.1 Å². The molecule has 1 aliphatic rings. The highest BCUT2D eigenvalue weighted by Gasteiger charge is 2.34. The minimum absolute atomic E-state index is 0.341. The summed E-state index contributed by atoms with van der Waals surface area (Å²) >= 11 is 3.40. The molecule has 7 nitrogen and oxygen atoms in total. The van der Waals surface area contributed by atoms with Crippen molar-refractivity contribution in [2.75, 3.05) is 13.1 Å². The van der Waals surface area contributed by atoms with Crippen molar-refractivity contribution < 1.29 is 14.7 Å². The van der Waals surface area contributed by atoms with Crippen LogP contribution in [0.5, 0.6) is 0 Å². The Hall–Kier alpha value is -2.35. The monoisotopic (exact) mass is 378 g/mol. The second kappa shape index (κ2) is 6.41. The highest BCUT2D eigenvalue weighted by Crippen LogP contribution is 2.33. The minimum Gasteiger partial charge on any atom is -0.480 e. The number of nitrogens with one attached hydrogen (secondary N) is 2. The van der Waals surface area contributed by atoms with E-state index in [0.717, 1.165) is 21.4 Å².